The molecule has 0 saturated carbocycles. The molecule has 0 aromatic heterocycles. The first kappa shape index (κ1) is 33.1. The molecule has 228 valence electrons. The molecule has 0 fully saturated rings. The van der Waals surface area contributed by atoms with E-state index in [-0.39, 0.29) is 0 Å². The van der Waals surface area contributed by atoms with E-state index in [1.54, 1.807) is 42.5 Å². The van der Waals surface area contributed by atoms with E-state index in [1.807, 2.05) is 31.2 Å². The van der Waals surface area contributed by atoms with Gasteiger partial charge in [-0.3, -0.25) is 0 Å². The van der Waals surface area contributed by atoms with Crippen LogP contribution in [0.15, 0.2) is 79.4 Å². The van der Waals surface area contributed by atoms with Crippen LogP contribution in [0.2, 0.25) is 0 Å². The van der Waals surface area contributed by atoms with Gasteiger partial charge in [0.15, 0.2) is 0 Å². The van der Waals surface area contributed by atoms with Crippen molar-refractivity contribution in [3.8, 4) is 17.2 Å². The number of esters is 3. The van der Waals surface area contributed by atoms with Gasteiger partial charge in [0.25, 0.3) is 0 Å². The van der Waals surface area contributed by atoms with E-state index in [0.29, 0.717) is 54.4 Å². The third-order valence-corrected chi connectivity index (χ3v) is 6.87. The van der Waals surface area contributed by atoms with Crippen molar-refractivity contribution in [2.24, 2.45) is 0 Å². The molecule has 43 heavy (non-hydrogen) atoms. The fraction of sp³-hybridized carbons (Fsp3) is 0.361. The average Bonchev–Trinajstić information content (AvgIpc) is 3.02. The normalized spacial score (nSPS) is 10.6. The smallest absolute Gasteiger partial charge is 0.343 e. The first-order chi connectivity index (χ1) is 20.9. The maximum atomic E-state index is 12.7. The molecule has 0 bridgehead atoms. The van der Waals surface area contributed by atoms with Crippen LogP contribution in [0.1, 0.15) is 90.1 Å². The van der Waals surface area contributed by atoms with Crippen molar-refractivity contribution in [2.75, 3.05) is 13.2 Å². The molecule has 3 aromatic rings. The van der Waals surface area contributed by atoms with E-state index in [9.17, 15) is 14.4 Å². The van der Waals surface area contributed by atoms with Crippen molar-refractivity contribution < 1.29 is 33.3 Å². The predicted octanol–water partition coefficient (Wildman–Crippen LogP) is 8.22. The van der Waals surface area contributed by atoms with Gasteiger partial charge >= 0.3 is 17.9 Å². The maximum Gasteiger partial charge on any atom is 0.343 e. The van der Waals surface area contributed by atoms with Gasteiger partial charge in [0.2, 0.25) is 0 Å². The first-order valence-corrected chi connectivity index (χ1v) is 15.1. The quantitative estimate of drug-likeness (QED) is 0.0642. The fourth-order valence-electron chi connectivity index (χ4n) is 4.38. The minimum absolute atomic E-state index is 0.313. The molecule has 0 aliphatic heterocycles. The summed E-state index contributed by atoms with van der Waals surface area (Å²) >= 11 is 0. The van der Waals surface area contributed by atoms with Gasteiger partial charge in [-0.1, -0.05) is 57.7 Å². The molecule has 3 aromatic carbocycles. The van der Waals surface area contributed by atoms with Gasteiger partial charge in [-0.25, -0.2) is 14.4 Å². The van der Waals surface area contributed by atoms with Crippen molar-refractivity contribution in [1.29, 1.82) is 0 Å². The summed E-state index contributed by atoms with van der Waals surface area (Å²) in [5.74, 6) is 0.0307. The molecular weight excluding hydrogens is 544 g/mol. The summed E-state index contributed by atoms with van der Waals surface area (Å²) in [6.07, 6.45) is 11.1. The molecule has 0 spiro atoms. The molecule has 0 atom stereocenters. The third kappa shape index (κ3) is 11.8. The van der Waals surface area contributed by atoms with E-state index >= 15 is 0 Å². The molecule has 7 heteroatoms. The highest BCUT2D eigenvalue weighted by Gasteiger charge is 2.13. The van der Waals surface area contributed by atoms with Crippen LogP contribution in [-0.4, -0.2) is 31.1 Å². The number of ether oxygens (including phenoxy) is 4. The Labute approximate surface area is 254 Å². The van der Waals surface area contributed by atoms with E-state index in [0.717, 1.165) is 24.5 Å². The Morgan fingerprint density at radius 1 is 0.698 bits per heavy atom. The Hall–Kier alpha value is -4.39. The molecule has 0 N–H and O–H groups in total. The lowest BCUT2D eigenvalue weighted by Crippen LogP contribution is -2.11. The minimum Gasteiger partial charge on any atom is -0.493 e. The lowest BCUT2D eigenvalue weighted by Gasteiger charge is -2.11. The summed E-state index contributed by atoms with van der Waals surface area (Å²) in [6, 6.07) is 19.0. The fourth-order valence-corrected chi connectivity index (χ4v) is 4.38. The maximum absolute atomic E-state index is 12.7. The molecule has 0 amide bonds. The van der Waals surface area contributed by atoms with Gasteiger partial charge in [0, 0.05) is 6.08 Å². The molecule has 0 unspecified atom stereocenters. The second-order valence-corrected chi connectivity index (χ2v) is 10.4. The van der Waals surface area contributed by atoms with Crippen LogP contribution in [0.4, 0.5) is 0 Å². The van der Waals surface area contributed by atoms with Crippen molar-refractivity contribution >= 4 is 17.9 Å². The van der Waals surface area contributed by atoms with Crippen molar-refractivity contribution in [1.82, 2.24) is 0 Å². The number of carbonyl (C=O) groups excluding carboxylic acids is 3. The van der Waals surface area contributed by atoms with Gasteiger partial charge < -0.3 is 18.9 Å². The zero-order valence-corrected chi connectivity index (χ0v) is 25.3. The molecular formula is C36H42O7. The average molecular weight is 587 g/mol. The van der Waals surface area contributed by atoms with E-state index < -0.39 is 17.9 Å². The highest BCUT2D eigenvalue weighted by atomic mass is 16.5. The van der Waals surface area contributed by atoms with Crippen molar-refractivity contribution in [3.05, 3.63) is 102 Å². The number of hydrogen-bond acceptors (Lipinski definition) is 7. The molecule has 0 aliphatic rings. The van der Waals surface area contributed by atoms with Crippen LogP contribution in [0.25, 0.3) is 0 Å². The van der Waals surface area contributed by atoms with Gasteiger partial charge in [-0.05, 0) is 98.3 Å². The van der Waals surface area contributed by atoms with Crippen LogP contribution in [-0.2, 0) is 16.0 Å². The largest absolute Gasteiger partial charge is 0.493 e. The number of rotatable bonds is 18. The summed E-state index contributed by atoms with van der Waals surface area (Å²) in [4.78, 5) is 36.4. The summed E-state index contributed by atoms with van der Waals surface area (Å²) in [5.41, 5.74) is 2.76. The highest BCUT2D eigenvalue weighted by molar-refractivity contribution is 5.93. The minimum atomic E-state index is -0.518. The standard InChI is InChI=1S/C36H42O7/c1-4-6-7-8-9-10-13-28-14-19-31(20-15-28)42-35(38)29-16-21-32(22-17-29)43-36(39)30-18-23-33(27(3)26-30)40-24-11-12-25-41-34(37)5-2/h5,14-23,26H,2,4,6-13,24-25H2,1,3H3. The van der Waals surface area contributed by atoms with E-state index in [1.165, 1.54) is 37.7 Å². The highest BCUT2D eigenvalue weighted by Crippen LogP contribution is 2.22. The number of hydrogen-bond donors (Lipinski definition) is 0. The van der Waals surface area contributed by atoms with Gasteiger partial charge in [0.05, 0.1) is 24.3 Å². The lowest BCUT2D eigenvalue weighted by atomic mass is 10.0. The summed E-state index contributed by atoms with van der Waals surface area (Å²) in [5, 5.41) is 0. The van der Waals surface area contributed by atoms with Crippen molar-refractivity contribution in [3.63, 3.8) is 0 Å². The van der Waals surface area contributed by atoms with Crippen LogP contribution < -0.4 is 14.2 Å². The topological polar surface area (TPSA) is 88.1 Å². The number of carbonyl (C=O) groups is 3. The van der Waals surface area contributed by atoms with E-state index in [4.69, 9.17) is 18.9 Å². The van der Waals surface area contributed by atoms with Crippen LogP contribution >= 0.6 is 0 Å². The molecule has 0 saturated heterocycles. The second kappa shape index (κ2) is 18.2. The summed E-state index contributed by atoms with van der Waals surface area (Å²) in [6.45, 7) is 8.19. The number of benzene rings is 3. The van der Waals surface area contributed by atoms with Crippen LogP contribution in [0.5, 0.6) is 17.2 Å². The second-order valence-electron chi connectivity index (χ2n) is 10.4. The predicted molar refractivity (Wildman–Crippen MR) is 167 cm³/mol. The van der Waals surface area contributed by atoms with Crippen LogP contribution in [0.3, 0.4) is 0 Å². The Morgan fingerprint density at radius 3 is 1.93 bits per heavy atom. The Bertz CT molecular complexity index is 1330. The lowest BCUT2D eigenvalue weighted by molar-refractivity contribution is -0.137. The molecule has 0 aliphatic carbocycles. The molecule has 3 rings (SSSR count). The van der Waals surface area contributed by atoms with E-state index in [2.05, 4.69) is 13.5 Å². The van der Waals surface area contributed by atoms with Gasteiger partial charge in [-0.2, -0.15) is 0 Å². The monoisotopic (exact) mass is 586 g/mol. The van der Waals surface area contributed by atoms with Gasteiger partial charge in [-0.15, -0.1) is 0 Å². The zero-order chi connectivity index (χ0) is 30.9. The Kier molecular flexibility index (Phi) is 14.0. The number of unbranched alkanes of at least 4 members (excludes halogenated alkanes) is 6. The zero-order valence-electron chi connectivity index (χ0n) is 25.3. The first-order valence-electron chi connectivity index (χ1n) is 15.1. The third-order valence-electron chi connectivity index (χ3n) is 6.87. The van der Waals surface area contributed by atoms with Crippen molar-refractivity contribution in [2.45, 2.75) is 71.6 Å². The molecule has 0 radical (unpaired) electrons. The van der Waals surface area contributed by atoms with Crippen LogP contribution in [0, 0.1) is 6.92 Å². The summed E-state index contributed by atoms with van der Waals surface area (Å²) < 4.78 is 21.7. The van der Waals surface area contributed by atoms with Gasteiger partial charge in [0.1, 0.15) is 17.2 Å². The Morgan fingerprint density at radius 2 is 1.28 bits per heavy atom. The molecule has 7 nitrogen and oxygen atoms in total. The summed E-state index contributed by atoms with van der Waals surface area (Å²) in [7, 11) is 0. The molecule has 0 heterocycles. The SMILES string of the molecule is C=CC(=O)OCCCCOc1ccc(C(=O)Oc2ccc(C(=O)Oc3ccc(CCCCCCCC)cc3)cc2)cc1C. The Balaban J connectivity index is 1.42. The number of aryl methyl sites for hydroxylation is 2.